The first-order valence-electron chi connectivity index (χ1n) is 5.48. The lowest BCUT2D eigenvalue weighted by atomic mass is 10.3. The summed E-state index contributed by atoms with van der Waals surface area (Å²) in [5, 5.41) is 0. The molecule has 0 radical (unpaired) electrons. The van der Waals surface area contributed by atoms with E-state index >= 15 is 0 Å². The molecule has 0 heterocycles. The molecule has 0 N–H and O–H groups in total. The summed E-state index contributed by atoms with van der Waals surface area (Å²) < 4.78 is 11.5. The van der Waals surface area contributed by atoms with E-state index in [9.17, 15) is 0 Å². The molecule has 0 saturated carbocycles. The molecule has 2 unspecified atom stereocenters. The van der Waals surface area contributed by atoms with Crippen LogP contribution in [0.25, 0.3) is 0 Å². The van der Waals surface area contributed by atoms with Gasteiger partial charge in [0, 0.05) is 0 Å². The van der Waals surface area contributed by atoms with Crippen molar-refractivity contribution >= 4 is 0 Å². The Morgan fingerprint density at radius 3 is 1.50 bits per heavy atom. The normalized spacial score (nSPS) is 18.2. The Balaban J connectivity index is 4.02. The molecule has 0 aliphatic rings. The van der Waals surface area contributed by atoms with Gasteiger partial charge in [-0.25, -0.2) is 0 Å². The average Bonchev–Trinajstić information content (AvgIpc) is 2.16. The molecule has 86 valence electrons. The van der Waals surface area contributed by atoms with E-state index in [1.54, 1.807) is 0 Å². The molecular weight excluding hydrogens is 178 g/mol. The summed E-state index contributed by atoms with van der Waals surface area (Å²) in [7, 11) is 3.94. The lowest BCUT2D eigenvalue weighted by Crippen LogP contribution is -2.38. The molecule has 0 saturated heterocycles. The molecule has 0 aromatic rings. The van der Waals surface area contributed by atoms with E-state index in [0.717, 1.165) is 12.8 Å². The molecule has 0 bridgehead atoms. The zero-order valence-electron chi connectivity index (χ0n) is 10.4. The van der Waals surface area contributed by atoms with Gasteiger partial charge in [0.05, 0.1) is 12.2 Å². The maximum absolute atomic E-state index is 5.74. The highest BCUT2D eigenvalue weighted by Gasteiger charge is 2.17. The van der Waals surface area contributed by atoms with Crippen LogP contribution in [0.5, 0.6) is 0 Å². The SMILES string of the molecule is CCC(C)OC(OC(C)CC)N(C)C. The highest BCUT2D eigenvalue weighted by molar-refractivity contribution is 4.52. The number of rotatable bonds is 7. The number of hydrogen-bond donors (Lipinski definition) is 0. The third kappa shape index (κ3) is 5.58. The summed E-state index contributed by atoms with van der Waals surface area (Å²) in [6.45, 7) is 8.36. The lowest BCUT2D eigenvalue weighted by molar-refractivity contribution is -0.247. The predicted octanol–water partition coefficient (Wildman–Crippen LogP) is 2.46. The monoisotopic (exact) mass is 203 g/mol. The van der Waals surface area contributed by atoms with Crippen molar-refractivity contribution in [3.63, 3.8) is 0 Å². The van der Waals surface area contributed by atoms with Gasteiger partial charge in [-0.2, -0.15) is 0 Å². The summed E-state index contributed by atoms with van der Waals surface area (Å²) in [6, 6.07) is 0. The van der Waals surface area contributed by atoms with Crippen LogP contribution in [0.1, 0.15) is 40.5 Å². The van der Waals surface area contributed by atoms with Crippen LogP contribution < -0.4 is 0 Å². The fourth-order valence-corrected chi connectivity index (χ4v) is 0.865. The second kappa shape index (κ2) is 7.21. The molecule has 0 aromatic carbocycles. The Hall–Kier alpha value is -0.120. The van der Waals surface area contributed by atoms with Crippen molar-refractivity contribution in [3.05, 3.63) is 0 Å². The highest BCUT2D eigenvalue weighted by atomic mass is 16.7. The zero-order chi connectivity index (χ0) is 11.1. The maximum Gasteiger partial charge on any atom is 0.218 e. The Kier molecular flexibility index (Phi) is 7.15. The first-order valence-corrected chi connectivity index (χ1v) is 5.48. The van der Waals surface area contributed by atoms with Gasteiger partial charge in [0.1, 0.15) is 0 Å². The van der Waals surface area contributed by atoms with Gasteiger partial charge in [0.2, 0.25) is 6.41 Å². The molecule has 0 fully saturated rings. The standard InChI is InChI=1S/C11H25NO2/c1-7-9(3)13-11(12(5)6)14-10(4)8-2/h9-11H,7-8H2,1-6H3. The molecule has 0 aliphatic heterocycles. The third-order valence-electron chi connectivity index (χ3n) is 2.27. The number of hydrogen-bond acceptors (Lipinski definition) is 3. The summed E-state index contributed by atoms with van der Waals surface area (Å²) in [6.07, 6.45) is 2.28. The summed E-state index contributed by atoms with van der Waals surface area (Å²) in [5.41, 5.74) is 0. The van der Waals surface area contributed by atoms with Crippen LogP contribution in [0.15, 0.2) is 0 Å². The van der Waals surface area contributed by atoms with Crippen molar-refractivity contribution in [2.75, 3.05) is 14.1 Å². The molecule has 3 heteroatoms. The van der Waals surface area contributed by atoms with E-state index in [0.29, 0.717) is 0 Å². The van der Waals surface area contributed by atoms with Gasteiger partial charge in [-0.05, 0) is 40.8 Å². The van der Waals surface area contributed by atoms with Crippen LogP contribution in [0.4, 0.5) is 0 Å². The minimum atomic E-state index is -0.222. The van der Waals surface area contributed by atoms with Gasteiger partial charge in [0.15, 0.2) is 0 Å². The van der Waals surface area contributed by atoms with Gasteiger partial charge in [-0.3, -0.25) is 4.90 Å². The summed E-state index contributed by atoms with van der Waals surface area (Å²) in [5.74, 6) is 0. The molecule has 0 amide bonds. The Bertz CT molecular complexity index is 127. The van der Waals surface area contributed by atoms with E-state index in [2.05, 4.69) is 27.7 Å². The zero-order valence-corrected chi connectivity index (χ0v) is 10.4. The van der Waals surface area contributed by atoms with E-state index in [1.807, 2.05) is 19.0 Å². The van der Waals surface area contributed by atoms with Crippen LogP contribution >= 0.6 is 0 Å². The van der Waals surface area contributed by atoms with Gasteiger partial charge in [-0.1, -0.05) is 13.8 Å². The van der Waals surface area contributed by atoms with E-state index in [1.165, 1.54) is 0 Å². The molecule has 0 rings (SSSR count). The first kappa shape index (κ1) is 13.9. The Morgan fingerprint density at radius 1 is 0.929 bits per heavy atom. The highest BCUT2D eigenvalue weighted by Crippen LogP contribution is 2.09. The van der Waals surface area contributed by atoms with Crippen molar-refractivity contribution in [1.82, 2.24) is 4.90 Å². The first-order chi connectivity index (χ1) is 6.51. The van der Waals surface area contributed by atoms with E-state index in [-0.39, 0.29) is 18.6 Å². The van der Waals surface area contributed by atoms with Crippen molar-refractivity contribution in [2.24, 2.45) is 0 Å². The topological polar surface area (TPSA) is 21.7 Å². The van der Waals surface area contributed by atoms with Gasteiger partial charge in [-0.15, -0.1) is 0 Å². The van der Waals surface area contributed by atoms with Crippen LogP contribution in [0, 0.1) is 0 Å². The quantitative estimate of drug-likeness (QED) is 0.593. The summed E-state index contributed by atoms with van der Waals surface area (Å²) in [4.78, 5) is 1.96. The fourth-order valence-electron chi connectivity index (χ4n) is 0.865. The van der Waals surface area contributed by atoms with Gasteiger partial charge in [0.25, 0.3) is 0 Å². The average molecular weight is 203 g/mol. The van der Waals surface area contributed by atoms with Gasteiger partial charge < -0.3 is 9.47 Å². The van der Waals surface area contributed by atoms with Crippen molar-refractivity contribution < 1.29 is 9.47 Å². The van der Waals surface area contributed by atoms with Crippen molar-refractivity contribution in [2.45, 2.75) is 59.2 Å². The van der Waals surface area contributed by atoms with Crippen LogP contribution in [-0.2, 0) is 9.47 Å². The van der Waals surface area contributed by atoms with Crippen molar-refractivity contribution in [1.29, 1.82) is 0 Å². The minimum Gasteiger partial charge on any atom is -0.337 e. The number of ether oxygens (including phenoxy) is 2. The molecule has 14 heavy (non-hydrogen) atoms. The maximum atomic E-state index is 5.74. The largest absolute Gasteiger partial charge is 0.337 e. The summed E-state index contributed by atoms with van der Waals surface area (Å²) >= 11 is 0. The van der Waals surface area contributed by atoms with E-state index < -0.39 is 0 Å². The van der Waals surface area contributed by atoms with E-state index in [4.69, 9.17) is 9.47 Å². The molecule has 2 atom stereocenters. The third-order valence-corrected chi connectivity index (χ3v) is 2.27. The van der Waals surface area contributed by atoms with Crippen LogP contribution in [0.2, 0.25) is 0 Å². The predicted molar refractivity (Wildman–Crippen MR) is 59.2 cm³/mol. The second-order valence-corrected chi connectivity index (χ2v) is 3.98. The molecule has 3 nitrogen and oxygen atoms in total. The van der Waals surface area contributed by atoms with Crippen molar-refractivity contribution in [3.8, 4) is 0 Å². The van der Waals surface area contributed by atoms with Crippen LogP contribution in [0.3, 0.4) is 0 Å². The molecule has 0 aliphatic carbocycles. The molecule has 0 aromatic heterocycles. The molecule has 0 spiro atoms. The smallest absolute Gasteiger partial charge is 0.218 e. The Labute approximate surface area is 88.4 Å². The van der Waals surface area contributed by atoms with Crippen LogP contribution in [-0.4, -0.2) is 37.6 Å². The number of nitrogens with zero attached hydrogens (tertiary/aromatic N) is 1. The lowest BCUT2D eigenvalue weighted by Gasteiger charge is -2.29. The Morgan fingerprint density at radius 2 is 1.29 bits per heavy atom. The fraction of sp³-hybridized carbons (Fsp3) is 1.00. The van der Waals surface area contributed by atoms with Gasteiger partial charge >= 0.3 is 0 Å². The second-order valence-electron chi connectivity index (χ2n) is 3.98. The minimum absolute atomic E-state index is 0.222. The molecular formula is C11H25NO2.